The molecule has 0 aliphatic carbocycles. The number of para-hydroxylation sites is 2. The number of benzene rings is 2. The Bertz CT molecular complexity index is 1450. The Morgan fingerprint density at radius 3 is 2.79 bits per heavy atom. The summed E-state index contributed by atoms with van der Waals surface area (Å²) in [6.45, 7) is 1.08. The lowest BCUT2D eigenvalue weighted by Gasteiger charge is -2.16. The van der Waals surface area contributed by atoms with E-state index in [0.29, 0.717) is 45.9 Å². The van der Waals surface area contributed by atoms with Crippen molar-refractivity contribution in [1.82, 2.24) is 9.55 Å². The number of fused-ring (bicyclic) bond motifs is 2. The van der Waals surface area contributed by atoms with Crippen molar-refractivity contribution in [3.8, 4) is 6.07 Å². The minimum Gasteiger partial charge on any atom is -0.443 e. The number of hydrogen-bond acceptors (Lipinski definition) is 7. The summed E-state index contributed by atoms with van der Waals surface area (Å²) in [6, 6.07) is 16.3. The van der Waals surface area contributed by atoms with Crippen molar-refractivity contribution in [2.75, 3.05) is 17.7 Å². The highest BCUT2D eigenvalue weighted by Crippen LogP contribution is 2.30. The molecule has 0 bridgehead atoms. The average molecular weight is 461 g/mol. The van der Waals surface area contributed by atoms with Crippen molar-refractivity contribution >= 4 is 45.2 Å². The van der Waals surface area contributed by atoms with Crippen LogP contribution in [0.25, 0.3) is 21.9 Å². The fourth-order valence-electron chi connectivity index (χ4n) is 3.96. The maximum Gasteiger partial charge on any atom is 0.262 e. The molecule has 5 rings (SSSR count). The first-order valence-corrected chi connectivity index (χ1v) is 11.6. The fraction of sp³-hybridized carbons (Fsp3) is 0.250. The van der Waals surface area contributed by atoms with Crippen LogP contribution in [0.1, 0.15) is 18.6 Å². The zero-order valence-electron chi connectivity index (χ0n) is 17.6. The number of nitrogens with zero attached hydrogens (tertiary/aromatic N) is 3. The Kier molecular flexibility index (Phi) is 5.86. The molecule has 1 aliphatic heterocycles. The van der Waals surface area contributed by atoms with Crippen LogP contribution in [0.5, 0.6) is 0 Å². The quantitative estimate of drug-likeness (QED) is 0.343. The molecule has 3 heterocycles. The first-order valence-electron chi connectivity index (χ1n) is 10.6. The van der Waals surface area contributed by atoms with Crippen LogP contribution in [0.3, 0.4) is 0 Å². The first kappa shape index (κ1) is 21.2. The molecule has 1 aliphatic rings. The summed E-state index contributed by atoms with van der Waals surface area (Å²) < 4.78 is 12.8. The van der Waals surface area contributed by atoms with Gasteiger partial charge in [0.25, 0.3) is 5.56 Å². The fourth-order valence-corrected chi connectivity index (χ4v) is 4.77. The topological polar surface area (TPSA) is 110 Å². The lowest BCUT2D eigenvalue weighted by atomic mass is 10.2. The minimum atomic E-state index is -0.325. The van der Waals surface area contributed by atoms with Crippen LogP contribution in [-0.2, 0) is 16.1 Å². The van der Waals surface area contributed by atoms with Gasteiger partial charge in [-0.05, 0) is 37.1 Å². The third-order valence-corrected chi connectivity index (χ3v) is 6.51. The van der Waals surface area contributed by atoms with E-state index in [9.17, 15) is 14.9 Å². The highest BCUT2D eigenvalue weighted by Gasteiger charge is 2.21. The van der Waals surface area contributed by atoms with Gasteiger partial charge >= 0.3 is 0 Å². The molecule has 2 aromatic heterocycles. The van der Waals surface area contributed by atoms with Crippen molar-refractivity contribution < 1.29 is 13.9 Å². The second-order valence-electron chi connectivity index (χ2n) is 7.71. The molecule has 2 aromatic carbocycles. The van der Waals surface area contributed by atoms with Crippen LogP contribution in [-0.4, -0.2) is 33.9 Å². The predicted molar refractivity (Wildman–Crippen MR) is 125 cm³/mol. The maximum atomic E-state index is 13.2. The summed E-state index contributed by atoms with van der Waals surface area (Å²) in [5, 5.41) is 13.8. The number of carbonyl (C=O) groups excluding carboxylic acids is 1. The van der Waals surface area contributed by atoms with Gasteiger partial charge in [0, 0.05) is 12.0 Å². The Balaban J connectivity index is 1.40. The smallest absolute Gasteiger partial charge is 0.262 e. The van der Waals surface area contributed by atoms with Gasteiger partial charge in [0.05, 0.1) is 29.3 Å². The molecule has 0 saturated carbocycles. The van der Waals surface area contributed by atoms with Crippen molar-refractivity contribution in [2.24, 2.45) is 0 Å². The molecule has 1 amide bonds. The van der Waals surface area contributed by atoms with E-state index in [0.717, 1.165) is 12.8 Å². The molecule has 4 aromatic rings. The highest BCUT2D eigenvalue weighted by molar-refractivity contribution is 7.99. The van der Waals surface area contributed by atoms with Gasteiger partial charge in [-0.15, -0.1) is 0 Å². The summed E-state index contributed by atoms with van der Waals surface area (Å²) in [7, 11) is 0. The molecule has 33 heavy (non-hydrogen) atoms. The van der Waals surface area contributed by atoms with E-state index in [4.69, 9.17) is 9.15 Å². The highest BCUT2D eigenvalue weighted by atomic mass is 32.2. The van der Waals surface area contributed by atoms with Crippen LogP contribution >= 0.6 is 11.8 Å². The Hall–Kier alpha value is -3.61. The van der Waals surface area contributed by atoms with Gasteiger partial charge in [0.15, 0.2) is 5.16 Å². The molecule has 1 fully saturated rings. The van der Waals surface area contributed by atoms with E-state index in [2.05, 4.69) is 10.3 Å². The number of amides is 1. The number of furan rings is 1. The third kappa shape index (κ3) is 4.23. The molecule has 1 unspecified atom stereocenters. The third-order valence-electron chi connectivity index (χ3n) is 5.53. The van der Waals surface area contributed by atoms with Gasteiger partial charge in [-0.1, -0.05) is 36.0 Å². The SMILES string of the molecule is N#Cc1oc2ccccc2c1NC(=O)CSc1nc2ccccc2c(=O)n1CC1CCCO1. The van der Waals surface area contributed by atoms with Crippen LogP contribution < -0.4 is 10.9 Å². The number of nitriles is 1. The number of thioether (sulfide) groups is 1. The van der Waals surface area contributed by atoms with Gasteiger partial charge in [-0.25, -0.2) is 4.98 Å². The molecule has 166 valence electrons. The van der Waals surface area contributed by atoms with E-state index >= 15 is 0 Å². The van der Waals surface area contributed by atoms with E-state index in [1.165, 1.54) is 11.8 Å². The van der Waals surface area contributed by atoms with E-state index in [1.54, 1.807) is 34.9 Å². The molecule has 0 radical (unpaired) electrons. The standard InChI is InChI=1S/C24H20N4O4S/c25-12-20-22(17-8-2-4-10-19(17)32-20)27-21(29)14-33-24-26-18-9-3-1-7-16(18)23(30)28(24)13-15-6-5-11-31-15/h1-4,7-10,15H,5-6,11,13-14H2,(H,27,29). The second-order valence-corrected chi connectivity index (χ2v) is 8.66. The van der Waals surface area contributed by atoms with Crippen LogP contribution in [0.4, 0.5) is 5.69 Å². The average Bonchev–Trinajstić information content (AvgIpc) is 3.48. The number of carbonyl (C=O) groups is 1. The monoisotopic (exact) mass is 460 g/mol. The van der Waals surface area contributed by atoms with Gasteiger partial charge in [-0.3, -0.25) is 14.2 Å². The summed E-state index contributed by atoms with van der Waals surface area (Å²) in [4.78, 5) is 30.6. The lowest BCUT2D eigenvalue weighted by molar-refractivity contribution is -0.113. The van der Waals surface area contributed by atoms with Crippen LogP contribution in [0, 0.1) is 11.3 Å². The van der Waals surface area contributed by atoms with E-state index in [1.807, 2.05) is 24.3 Å². The maximum absolute atomic E-state index is 13.2. The normalized spacial score (nSPS) is 15.7. The molecule has 1 saturated heterocycles. The largest absolute Gasteiger partial charge is 0.443 e. The van der Waals surface area contributed by atoms with Crippen molar-refractivity contribution in [3.05, 3.63) is 64.6 Å². The molecule has 9 heteroatoms. The minimum absolute atomic E-state index is 0.0146. The van der Waals surface area contributed by atoms with Gasteiger partial charge in [-0.2, -0.15) is 5.26 Å². The number of ether oxygens (including phenoxy) is 1. The number of rotatable bonds is 6. The predicted octanol–water partition coefficient (Wildman–Crippen LogP) is 3.92. The number of anilines is 1. The molecule has 1 N–H and O–H groups in total. The Labute approximate surface area is 193 Å². The summed E-state index contributed by atoms with van der Waals surface area (Å²) >= 11 is 1.18. The summed E-state index contributed by atoms with van der Waals surface area (Å²) in [6.07, 6.45) is 1.80. The Morgan fingerprint density at radius 2 is 2.00 bits per heavy atom. The molecule has 1 atom stereocenters. The molecular weight excluding hydrogens is 440 g/mol. The van der Waals surface area contributed by atoms with Crippen molar-refractivity contribution in [1.29, 1.82) is 5.26 Å². The molecule has 8 nitrogen and oxygen atoms in total. The first-order chi connectivity index (χ1) is 16.1. The molecule has 0 spiro atoms. The van der Waals surface area contributed by atoms with Crippen molar-refractivity contribution in [3.63, 3.8) is 0 Å². The number of nitrogens with one attached hydrogen (secondary N) is 1. The van der Waals surface area contributed by atoms with E-state index in [-0.39, 0.29) is 29.1 Å². The zero-order chi connectivity index (χ0) is 22.8. The van der Waals surface area contributed by atoms with Crippen molar-refractivity contribution in [2.45, 2.75) is 30.6 Å². The number of aromatic nitrogens is 2. The lowest BCUT2D eigenvalue weighted by Crippen LogP contribution is -2.29. The van der Waals surface area contributed by atoms with Gasteiger partial charge < -0.3 is 14.5 Å². The van der Waals surface area contributed by atoms with Gasteiger partial charge in [0.1, 0.15) is 17.3 Å². The Morgan fingerprint density at radius 1 is 1.21 bits per heavy atom. The van der Waals surface area contributed by atoms with Gasteiger partial charge in [0.2, 0.25) is 11.7 Å². The summed E-state index contributed by atoms with van der Waals surface area (Å²) in [5.41, 5.74) is 1.31. The summed E-state index contributed by atoms with van der Waals surface area (Å²) in [5.74, 6) is -0.261. The molecular formula is C24H20N4O4S. The number of hydrogen-bond donors (Lipinski definition) is 1. The second kappa shape index (κ2) is 9.10. The zero-order valence-corrected chi connectivity index (χ0v) is 18.4. The van der Waals surface area contributed by atoms with Crippen LogP contribution in [0.2, 0.25) is 0 Å². The van der Waals surface area contributed by atoms with Crippen LogP contribution in [0.15, 0.2) is 62.9 Å². The van der Waals surface area contributed by atoms with E-state index < -0.39 is 0 Å².